The van der Waals surface area contributed by atoms with E-state index in [0.717, 1.165) is 0 Å². The van der Waals surface area contributed by atoms with E-state index < -0.39 is 7.82 Å². The van der Waals surface area contributed by atoms with Crippen LogP contribution in [-0.2, 0) is 4.57 Å². The minimum atomic E-state index is -4.89. The predicted molar refractivity (Wildman–Crippen MR) is 41.9 cm³/mol. The van der Waals surface area contributed by atoms with E-state index in [4.69, 9.17) is 0 Å². The summed E-state index contributed by atoms with van der Waals surface area (Å²) in [5.41, 5.74) is 0. The van der Waals surface area contributed by atoms with Crippen LogP contribution in [0.3, 0.4) is 0 Å². The summed E-state index contributed by atoms with van der Waals surface area (Å²) in [7, 11) is -4.89. The Hall–Kier alpha value is 1.09. The van der Waals surface area contributed by atoms with Crippen LogP contribution in [0, 0.1) is 0 Å². The van der Waals surface area contributed by atoms with Gasteiger partial charge >= 0.3 is 59.1 Å². The molecule has 0 aliphatic rings. The Bertz CT molecular complexity index is 276. The van der Waals surface area contributed by atoms with Gasteiger partial charge < -0.3 is 29.8 Å². The zero-order valence-corrected chi connectivity index (χ0v) is 13.4. The molecule has 0 bridgehead atoms. The average Bonchev–Trinajstić information content (AvgIpc) is 1.85. The summed E-state index contributed by atoms with van der Waals surface area (Å²) in [6.07, 6.45) is 0. The number of phosphoric ester groups is 1. The monoisotopic (exact) mass is 254 g/mol. The fraction of sp³-hybridized carbons (Fsp3) is 0. The molecule has 1 aromatic carbocycles. The Kier molecular flexibility index (Phi) is 19.3. The second-order valence-corrected chi connectivity index (χ2v) is 2.93. The topological polar surface area (TPSA) is 135 Å². The van der Waals surface area contributed by atoms with Crippen LogP contribution in [0.2, 0.25) is 0 Å². The Morgan fingerprint density at radius 1 is 1.00 bits per heavy atom. The Balaban J connectivity index is -0.000000151. The molecule has 0 amide bonds. The minimum Gasteiger partial charge on any atom is -0.780 e. The number of phosphoric acid groups is 1. The van der Waals surface area contributed by atoms with Crippen LogP contribution in [0.5, 0.6) is 5.75 Å². The summed E-state index contributed by atoms with van der Waals surface area (Å²) < 4.78 is 14.1. The van der Waals surface area contributed by atoms with Gasteiger partial charge in [0.1, 0.15) is 13.6 Å². The summed E-state index contributed by atoms with van der Waals surface area (Å²) in [6, 6.07) is 7.62. The van der Waals surface area contributed by atoms with Crippen LogP contribution in [0.25, 0.3) is 0 Å². The standard InChI is InChI=1S/C6H7O4P.2Na.2H2O/c7-11(8,9)10-6-4-2-1-3-5-6;;;;/h1-5H,(H2,7,8,9);;;2*1H2/q;2*+1;;/p-2. The number of para-hydroxylation sites is 1. The molecule has 76 valence electrons. The molecule has 0 heterocycles. The summed E-state index contributed by atoms with van der Waals surface area (Å²) in [5.74, 6) is 0.0424. The molecule has 0 radical (unpaired) electrons. The molecule has 1 rings (SSSR count). The van der Waals surface area contributed by atoms with E-state index in [0.29, 0.717) is 0 Å². The largest absolute Gasteiger partial charge is 1.00 e. The van der Waals surface area contributed by atoms with Crippen LogP contribution < -0.4 is 73.4 Å². The third-order valence-corrected chi connectivity index (χ3v) is 1.39. The summed E-state index contributed by atoms with van der Waals surface area (Å²) in [4.78, 5) is 20.1. The fourth-order valence-corrected chi connectivity index (χ4v) is 0.990. The quantitative estimate of drug-likeness (QED) is 0.382. The number of benzene rings is 1. The van der Waals surface area contributed by atoms with Crippen molar-refractivity contribution in [2.75, 3.05) is 0 Å². The molecule has 4 N–H and O–H groups in total. The second kappa shape index (κ2) is 11.6. The Morgan fingerprint density at radius 2 is 1.40 bits per heavy atom. The summed E-state index contributed by atoms with van der Waals surface area (Å²) >= 11 is 0. The maximum atomic E-state index is 10.1. The van der Waals surface area contributed by atoms with Crippen LogP contribution in [0.1, 0.15) is 0 Å². The van der Waals surface area contributed by atoms with Gasteiger partial charge in [-0.2, -0.15) is 0 Å². The Morgan fingerprint density at radius 3 is 1.73 bits per heavy atom. The zero-order chi connectivity index (χ0) is 8.32. The molecule has 0 atom stereocenters. The van der Waals surface area contributed by atoms with Crippen molar-refractivity contribution < 1.29 is 88.9 Å². The molecule has 0 spiro atoms. The van der Waals surface area contributed by atoms with Crippen molar-refractivity contribution >= 4 is 7.82 Å². The normalized spacial score (nSPS) is 8.13. The van der Waals surface area contributed by atoms with Crippen LogP contribution >= 0.6 is 7.82 Å². The first-order valence-electron chi connectivity index (χ1n) is 2.85. The number of hydrogen-bond donors (Lipinski definition) is 0. The molecule has 15 heavy (non-hydrogen) atoms. The van der Waals surface area contributed by atoms with Crippen molar-refractivity contribution in [1.29, 1.82) is 0 Å². The van der Waals surface area contributed by atoms with Gasteiger partial charge in [-0.05, 0) is 12.1 Å². The van der Waals surface area contributed by atoms with Gasteiger partial charge in [0.15, 0.2) is 0 Å². The first kappa shape index (κ1) is 25.1. The van der Waals surface area contributed by atoms with Crippen molar-refractivity contribution in [1.82, 2.24) is 0 Å². The van der Waals surface area contributed by atoms with Gasteiger partial charge in [-0.3, -0.25) is 0 Å². The van der Waals surface area contributed by atoms with Crippen molar-refractivity contribution in [3.8, 4) is 5.75 Å². The van der Waals surface area contributed by atoms with E-state index in [1.54, 1.807) is 18.2 Å². The van der Waals surface area contributed by atoms with Gasteiger partial charge in [-0.1, -0.05) is 18.2 Å². The molecule has 6 nitrogen and oxygen atoms in total. The molecule has 0 saturated carbocycles. The third-order valence-electron chi connectivity index (χ3n) is 0.960. The van der Waals surface area contributed by atoms with Gasteiger partial charge in [-0.25, -0.2) is 0 Å². The molecular formula is C6H9Na2O6P. The van der Waals surface area contributed by atoms with Gasteiger partial charge in [0, 0.05) is 0 Å². The van der Waals surface area contributed by atoms with Crippen LogP contribution in [-0.4, -0.2) is 11.0 Å². The van der Waals surface area contributed by atoms with Crippen LogP contribution in [0.15, 0.2) is 30.3 Å². The zero-order valence-electron chi connectivity index (χ0n) is 8.47. The van der Waals surface area contributed by atoms with E-state index in [1.807, 2.05) is 0 Å². The summed E-state index contributed by atoms with van der Waals surface area (Å²) in [6.45, 7) is 0. The SMILES string of the molecule is O.O.O=P([O-])([O-])Oc1ccccc1.[Na+].[Na+]. The fourth-order valence-electron chi connectivity index (χ4n) is 0.610. The maximum Gasteiger partial charge on any atom is 1.00 e. The molecule has 0 aliphatic carbocycles. The predicted octanol–water partition coefficient (Wildman–Crippen LogP) is -7.75. The van der Waals surface area contributed by atoms with Gasteiger partial charge in [0.05, 0.1) is 0 Å². The molecule has 0 unspecified atom stereocenters. The average molecular weight is 254 g/mol. The molecule has 1 aromatic rings. The maximum absolute atomic E-state index is 10.1. The minimum absolute atomic E-state index is 0. The first-order valence-corrected chi connectivity index (χ1v) is 4.31. The van der Waals surface area contributed by atoms with Gasteiger partial charge in [0.25, 0.3) is 0 Å². The second-order valence-electron chi connectivity index (χ2n) is 1.85. The van der Waals surface area contributed by atoms with Crippen LogP contribution in [0.4, 0.5) is 0 Å². The van der Waals surface area contributed by atoms with E-state index >= 15 is 0 Å². The smallest absolute Gasteiger partial charge is 0.780 e. The van der Waals surface area contributed by atoms with E-state index in [2.05, 4.69) is 4.52 Å². The molecule has 0 saturated heterocycles. The Labute approximate surface area is 131 Å². The number of hydrogen-bond acceptors (Lipinski definition) is 4. The molecule has 0 aromatic heterocycles. The first-order chi connectivity index (χ1) is 5.08. The van der Waals surface area contributed by atoms with Crippen molar-refractivity contribution in [3.63, 3.8) is 0 Å². The van der Waals surface area contributed by atoms with Crippen molar-refractivity contribution in [2.24, 2.45) is 0 Å². The van der Waals surface area contributed by atoms with Crippen molar-refractivity contribution in [3.05, 3.63) is 30.3 Å². The number of rotatable bonds is 2. The molecule has 0 fully saturated rings. The van der Waals surface area contributed by atoms with Crippen molar-refractivity contribution in [2.45, 2.75) is 0 Å². The van der Waals surface area contributed by atoms with Gasteiger partial charge in [0.2, 0.25) is 0 Å². The molecule has 9 heteroatoms. The molecule has 0 aliphatic heterocycles. The van der Waals surface area contributed by atoms with E-state index in [-0.39, 0.29) is 75.8 Å². The van der Waals surface area contributed by atoms with Gasteiger partial charge in [-0.15, -0.1) is 0 Å². The third kappa shape index (κ3) is 13.0. The van der Waals surface area contributed by atoms with E-state index in [9.17, 15) is 14.4 Å². The van der Waals surface area contributed by atoms with E-state index in [1.165, 1.54) is 12.1 Å². The summed E-state index contributed by atoms with van der Waals surface area (Å²) in [5, 5.41) is 0. The molecular weight excluding hydrogens is 245 g/mol.